The second kappa shape index (κ2) is 9.04. The second-order valence-electron chi connectivity index (χ2n) is 7.51. The molecule has 0 heterocycles. The fourth-order valence-corrected chi connectivity index (χ4v) is 3.93. The molecule has 0 aromatic rings. The van der Waals surface area contributed by atoms with Crippen LogP contribution in [0.3, 0.4) is 0 Å². The molecule has 0 radical (unpaired) electrons. The summed E-state index contributed by atoms with van der Waals surface area (Å²) in [6.45, 7) is 16.7. The van der Waals surface area contributed by atoms with Gasteiger partial charge in [-0.3, -0.25) is 0 Å². The number of nitrogens with one attached hydrogen (secondary N) is 1. The van der Waals surface area contributed by atoms with Gasteiger partial charge in [-0.1, -0.05) is 47.5 Å². The van der Waals surface area contributed by atoms with Crippen molar-refractivity contribution in [3.63, 3.8) is 0 Å². The maximum atomic E-state index is 3.74. The molecule has 0 bridgehead atoms. The van der Waals surface area contributed by atoms with Crippen LogP contribution in [0.1, 0.15) is 73.1 Å². The second-order valence-corrected chi connectivity index (χ2v) is 7.51. The highest BCUT2D eigenvalue weighted by Crippen LogP contribution is 2.39. The maximum absolute atomic E-state index is 3.74. The van der Waals surface area contributed by atoms with E-state index in [9.17, 15) is 0 Å². The summed E-state index contributed by atoms with van der Waals surface area (Å²) in [4.78, 5) is 2.72. The molecule has 2 atom stereocenters. The summed E-state index contributed by atoms with van der Waals surface area (Å²) in [5.41, 5.74) is 0.520. The zero-order valence-electron chi connectivity index (χ0n) is 14.7. The lowest BCUT2D eigenvalue weighted by atomic mass is 9.69. The van der Waals surface area contributed by atoms with Crippen molar-refractivity contribution >= 4 is 0 Å². The Kier molecular flexibility index (Phi) is 8.13. The van der Waals surface area contributed by atoms with E-state index in [0.717, 1.165) is 5.92 Å². The fourth-order valence-electron chi connectivity index (χ4n) is 3.93. The molecular weight excluding hydrogens is 244 g/mol. The zero-order valence-corrected chi connectivity index (χ0v) is 14.7. The smallest absolute Gasteiger partial charge is 0.00502 e. The Morgan fingerprint density at radius 1 is 1.20 bits per heavy atom. The lowest BCUT2D eigenvalue weighted by molar-refractivity contribution is 0.0778. The Morgan fingerprint density at radius 2 is 1.85 bits per heavy atom. The summed E-state index contributed by atoms with van der Waals surface area (Å²) in [6, 6.07) is 0.606. The van der Waals surface area contributed by atoms with Crippen molar-refractivity contribution in [2.75, 3.05) is 26.2 Å². The van der Waals surface area contributed by atoms with Gasteiger partial charge < -0.3 is 10.2 Å². The van der Waals surface area contributed by atoms with Crippen molar-refractivity contribution in [2.24, 2.45) is 11.3 Å². The molecule has 1 fully saturated rings. The number of rotatable bonds is 9. The first-order valence-electron chi connectivity index (χ1n) is 8.97. The van der Waals surface area contributed by atoms with Gasteiger partial charge in [-0.25, -0.2) is 0 Å². The summed E-state index contributed by atoms with van der Waals surface area (Å²) in [7, 11) is 0. The van der Waals surface area contributed by atoms with Gasteiger partial charge in [0.2, 0.25) is 0 Å². The number of hydrogen-bond acceptors (Lipinski definition) is 2. The third-order valence-electron chi connectivity index (χ3n) is 4.71. The van der Waals surface area contributed by atoms with Crippen LogP contribution in [0.15, 0.2) is 0 Å². The summed E-state index contributed by atoms with van der Waals surface area (Å²) >= 11 is 0. The first-order valence-corrected chi connectivity index (χ1v) is 8.97. The number of nitrogens with zero attached hydrogens (tertiary/aromatic N) is 1. The van der Waals surface area contributed by atoms with Crippen molar-refractivity contribution < 1.29 is 0 Å². The van der Waals surface area contributed by atoms with E-state index in [-0.39, 0.29) is 0 Å². The van der Waals surface area contributed by atoms with Crippen molar-refractivity contribution in [1.29, 1.82) is 0 Å². The van der Waals surface area contributed by atoms with E-state index in [2.05, 4.69) is 44.8 Å². The fraction of sp³-hybridized carbons (Fsp3) is 1.00. The summed E-state index contributed by atoms with van der Waals surface area (Å²) in [6.07, 6.45) is 8.25. The molecule has 1 saturated carbocycles. The molecule has 0 amide bonds. The maximum Gasteiger partial charge on any atom is 0.00502 e. The Morgan fingerprint density at radius 3 is 2.35 bits per heavy atom. The van der Waals surface area contributed by atoms with Gasteiger partial charge in [-0.05, 0) is 50.1 Å². The van der Waals surface area contributed by atoms with Crippen LogP contribution >= 0.6 is 0 Å². The van der Waals surface area contributed by atoms with Crippen molar-refractivity contribution in [3.05, 3.63) is 0 Å². The van der Waals surface area contributed by atoms with E-state index in [1.807, 2.05) is 0 Å². The molecule has 2 unspecified atom stereocenters. The predicted octanol–water partition coefficient (Wildman–Crippen LogP) is 4.30. The standard InChI is InChI=1S/C18H38N2/c1-6-11-20(12-7-2)15-18(14-19-16(3)4)10-8-9-17(5)13-18/h16-17,19H,6-15H2,1-5H3. The van der Waals surface area contributed by atoms with E-state index < -0.39 is 0 Å². The monoisotopic (exact) mass is 282 g/mol. The van der Waals surface area contributed by atoms with E-state index in [4.69, 9.17) is 0 Å². The topological polar surface area (TPSA) is 15.3 Å². The van der Waals surface area contributed by atoms with Crippen molar-refractivity contribution in [2.45, 2.75) is 79.2 Å². The Labute approximate surface area is 127 Å². The minimum atomic E-state index is 0.520. The summed E-state index contributed by atoms with van der Waals surface area (Å²) < 4.78 is 0. The average Bonchev–Trinajstić information content (AvgIpc) is 2.37. The average molecular weight is 283 g/mol. The number of hydrogen-bond donors (Lipinski definition) is 1. The van der Waals surface area contributed by atoms with Crippen LogP contribution in [0.2, 0.25) is 0 Å². The van der Waals surface area contributed by atoms with Crippen LogP contribution in [0.4, 0.5) is 0 Å². The lowest BCUT2D eigenvalue weighted by Crippen LogP contribution is -2.48. The molecule has 1 rings (SSSR count). The molecule has 2 heteroatoms. The van der Waals surface area contributed by atoms with Gasteiger partial charge in [0.05, 0.1) is 0 Å². The normalized spacial score (nSPS) is 27.4. The molecule has 120 valence electrons. The highest BCUT2D eigenvalue weighted by Gasteiger charge is 2.36. The third-order valence-corrected chi connectivity index (χ3v) is 4.71. The van der Waals surface area contributed by atoms with Crippen LogP contribution in [0.5, 0.6) is 0 Å². The van der Waals surface area contributed by atoms with Gasteiger partial charge in [-0.2, -0.15) is 0 Å². The Hall–Kier alpha value is -0.0800. The van der Waals surface area contributed by atoms with Crippen LogP contribution in [0.25, 0.3) is 0 Å². The summed E-state index contributed by atoms with van der Waals surface area (Å²) in [5, 5.41) is 3.74. The SMILES string of the molecule is CCCN(CCC)CC1(CNC(C)C)CCCC(C)C1. The highest BCUT2D eigenvalue weighted by atomic mass is 15.1. The van der Waals surface area contributed by atoms with E-state index in [0.29, 0.717) is 11.5 Å². The van der Waals surface area contributed by atoms with Crippen LogP contribution in [-0.2, 0) is 0 Å². The minimum absolute atomic E-state index is 0.520. The summed E-state index contributed by atoms with van der Waals surface area (Å²) in [5.74, 6) is 0.905. The van der Waals surface area contributed by atoms with Crippen LogP contribution < -0.4 is 5.32 Å². The first kappa shape index (κ1) is 18.0. The molecular formula is C18H38N2. The molecule has 0 aromatic carbocycles. The van der Waals surface area contributed by atoms with Gasteiger partial charge in [0.1, 0.15) is 0 Å². The zero-order chi connectivity index (χ0) is 15.0. The Balaban J connectivity index is 2.69. The quantitative estimate of drug-likeness (QED) is 0.678. The van der Waals surface area contributed by atoms with Gasteiger partial charge in [-0.15, -0.1) is 0 Å². The molecule has 0 spiro atoms. The molecule has 0 saturated heterocycles. The van der Waals surface area contributed by atoms with Gasteiger partial charge in [0, 0.05) is 19.1 Å². The van der Waals surface area contributed by atoms with Gasteiger partial charge in [0.15, 0.2) is 0 Å². The van der Waals surface area contributed by atoms with Gasteiger partial charge in [0.25, 0.3) is 0 Å². The van der Waals surface area contributed by atoms with E-state index in [1.54, 1.807) is 0 Å². The van der Waals surface area contributed by atoms with Gasteiger partial charge >= 0.3 is 0 Å². The van der Waals surface area contributed by atoms with Crippen LogP contribution in [-0.4, -0.2) is 37.1 Å². The van der Waals surface area contributed by atoms with Crippen molar-refractivity contribution in [1.82, 2.24) is 10.2 Å². The molecule has 0 aliphatic heterocycles. The van der Waals surface area contributed by atoms with E-state index >= 15 is 0 Å². The molecule has 1 aliphatic rings. The molecule has 1 aliphatic carbocycles. The lowest BCUT2D eigenvalue weighted by Gasteiger charge is -2.44. The molecule has 0 aromatic heterocycles. The first-order chi connectivity index (χ1) is 9.51. The molecule has 2 nitrogen and oxygen atoms in total. The molecule has 1 N–H and O–H groups in total. The van der Waals surface area contributed by atoms with Crippen molar-refractivity contribution in [3.8, 4) is 0 Å². The minimum Gasteiger partial charge on any atom is -0.314 e. The van der Waals surface area contributed by atoms with Crippen LogP contribution in [0, 0.1) is 11.3 Å². The largest absolute Gasteiger partial charge is 0.314 e. The predicted molar refractivity (Wildman–Crippen MR) is 90.2 cm³/mol. The van der Waals surface area contributed by atoms with E-state index in [1.165, 1.54) is 64.7 Å². The Bertz CT molecular complexity index is 246. The highest BCUT2D eigenvalue weighted by molar-refractivity contribution is 4.90. The molecule has 20 heavy (non-hydrogen) atoms. The third kappa shape index (κ3) is 6.13.